The van der Waals surface area contributed by atoms with Crippen LogP contribution in [0.3, 0.4) is 0 Å². The van der Waals surface area contributed by atoms with Crippen molar-refractivity contribution in [2.45, 2.75) is 19.9 Å². The number of ether oxygens (including phenoxy) is 2. The van der Waals surface area contributed by atoms with Gasteiger partial charge < -0.3 is 9.47 Å². The van der Waals surface area contributed by atoms with Crippen LogP contribution >= 0.6 is 11.3 Å². The highest BCUT2D eigenvalue weighted by atomic mass is 32.1. The second-order valence-corrected chi connectivity index (χ2v) is 11.3. The van der Waals surface area contributed by atoms with Gasteiger partial charge in [0.25, 0.3) is 5.56 Å². The summed E-state index contributed by atoms with van der Waals surface area (Å²) in [5, 5.41) is 4.91. The SMILES string of the molecule is C=CCOC(=O)C1=C(C)N=c2s/c(=C/c3cn(-c4ccccc4)nc3-c3ccc(C)cc3)c(=O)n2[C@@H]1c1ccc(OC)cc1. The minimum Gasteiger partial charge on any atom is -0.497 e. The van der Waals surface area contributed by atoms with Gasteiger partial charge in [-0.15, -0.1) is 0 Å². The van der Waals surface area contributed by atoms with Gasteiger partial charge in [-0.1, -0.05) is 84.2 Å². The van der Waals surface area contributed by atoms with Crippen molar-refractivity contribution in [2.75, 3.05) is 13.7 Å². The maximum absolute atomic E-state index is 14.2. The number of carbonyl (C=O) groups is 1. The van der Waals surface area contributed by atoms with E-state index >= 15 is 0 Å². The van der Waals surface area contributed by atoms with Gasteiger partial charge in [0.15, 0.2) is 4.80 Å². The van der Waals surface area contributed by atoms with Crippen LogP contribution in [0.1, 0.15) is 29.7 Å². The van der Waals surface area contributed by atoms with Gasteiger partial charge >= 0.3 is 5.97 Å². The Hall–Kier alpha value is -5.28. The van der Waals surface area contributed by atoms with Gasteiger partial charge in [-0.25, -0.2) is 14.5 Å². The molecule has 0 bridgehead atoms. The van der Waals surface area contributed by atoms with Crippen molar-refractivity contribution >= 4 is 23.4 Å². The first-order valence-electron chi connectivity index (χ1n) is 14.0. The number of para-hydroxylation sites is 1. The van der Waals surface area contributed by atoms with E-state index in [0.29, 0.717) is 26.4 Å². The topological polar surface area (TPSA) is 87.7 Å². The average Bonchev–Trinajstić information content (AvgIpc) is 3.60. The number of hydrogen-bond acceptors (Lipinski definition) is 7. The van der Waals surface area contributed by atoms with Crippen molar-refractivity contribution in [3.63, 3.8) is 0 Å². The molecule has 0 unspecified atom stereocenters. The summed E-state index contributed by atoms with van der Waals surface area (Å²) in [6, 6.07) is 24.5. The molecule has 0 aliphatic carbocycles. The molecule has 6 rings (SSSR count). The summed E-state index contributed by atoms with van der Waals surface area (Å²) in [5.41, 5.74) is 5.76. The number of hydrogen-bond donors (Lipinski definition) is 0. The minimum atomic E-state index is -0.736. The van der Waals surface area contributed by atoms with Crippen molar-refractivity contribution in [1.29, 1.82) is 0 Å². The van der Waals surface area contributed by atoms with Crippen LogP contribution in [0.25, 0.3) is 23.0 Å². The highest BCUT2D eigenvalue weighted by Crippen LogP contribution is 2.32. The standard InChI is InChI=1S/C35H30N4O4S/c1-5-19-43-34(41)30-23(3)36-35-39(32(30)25-15-17-28(42-4)18-16-25)33(40)29(44-35)20-26-21-38(27-9-7-6-8-10-27)37-31(26)24-13-11-22(2)12-14-24/h5-18,20-21,32H,1,19H2,2-4H3/b29-20+/t32-/m1/s1. The Morgan fingerprint density at radius 2 is 1.75 bits per heavy atom. The molecule has 1 atom stereocenters. The highest BCUT2D eigenvalue weighted by Gasteiger charge is 2.33. The molecule has 2 aromatic heterocycles. The van der Waals surface area contributed by atoms with Crippen molar-refractivity contribution < 1.29 is 14.3 Å². The molecule has 5 aromatic rings. The van der Waals surface area contributed by atoms with Crippen molar-refractivity contribution in [3.8, 4) is 22.7 Å². The summed E-state index contributed by atoms with van der Waals surface area (Å²) in [6.07, 6.45) is 5.28. The van der Waals surface area contributed by atoms with Crippen molar-refractivity contribution in [3.05, 3.63) is 145 Å². The largest absolute Gasteiger partial charge is 0.497 e. The van der Waals surface area contributed by atoms with Crippen LogP contribution in [-0.2, 0) is 9.53 Å². The fourth-order valence-electron chi connectivity index (χ4n) is 5.18. The third kappa shape index (κ3) is 5.45. The number of rotatable bonds is 8. The number of esters is 1. The van der Waals surface area contributed by atoms with Crippen LogP contribution in [0, 0.1) is 6.92 Å². The van der Waals surface area contributed by atoms with Gasteiger partial charge in [-0.05, 0) is 49.8 Å². The summed E-state index contributed by atoms with van der Waals surface area (Å²) in [4.78, 5) is 32.7. The molecule has 0 N–H and O–H groups in total. The molecular formula is C35H30N4O4S. The number of aryl methyl sites for hydroxylation is 1. The molecule has 44 heavy (non-hydrogen) atoms. The molecular weight excluding hydrogens is 572 g/mol. The molecule has 220 valence electrons. The average molecular weight is 603 g/mol. The lowest BCUT2D eigenvalue weighted by Gasteiger charge is -2.24. The molecule has 3 heterocycles. The number of aromatic nitrogens is 3. The smallest absolute Gasteiger partial charge is 0.338 e. The van der Waals surface area contributed by atoms with Crippen LogP contribution in [-0.4, -0.2) is 34.0 Å². The van der Waals surface area contributed by atoms with Gasteiger partial charge in [0, 0.05) is 17.3 Å². The van der Waals surface area contributed by atoms with E-state index in [1.165, 1.54) is 17.4 Å². The van der Waals surface area contributed by atoms with Crippen molar-refractivity contribution in [2.24, 2.45) is 4.99 Å². The fraction of sp³-hybridized carbons (Fsp3) is 0.143. The van der Waals surface area contributed by atoms with E-state index in [-0.39, 0.29) is 12.2 Å². The van der Waals surface area contributed by atoms with E-state index in [2.05, 4.69) is 6.58 Å². The van der Waals surface area contributed by atoms with E-state index in [1.54, 1.807) is 30.7 Å². The van der Waals surface area contributed by atoms with Gasteiger partial charge in [-0.3, -0.25) is 9.36 Å². The highest BCUT2D eigenvalue weighted by molar-refractivity contribution is 7.07. The first kappa shape index (κ1) is 28.8. The maximum Gasteiger partial charge on any atom is 0.338 e. The monoisotopic (exact) mass is 602 g/mol. The van der Waals surface area contributed by atoms with E-state index in [1.807, 2.05) is 90.6 Å². The molecule has 3 aromatic carbocycles. The molecule has 8 nitrogen and oxygen atoms in total. The molecule has 0 amide bonds. The van der Waals surface area contributed by atoms with E-state index in [4.69, 9.17) is 19.6 Å². The zero-order valence-electron chi connectivity index (χ0n) is 24.6. The zero-order chi connectivity index (χ0) is 30.8. The zero-order valence-corrected chi connectivity index (χ0v) is 25.4. The van der Waals surface area contributed by atoms with E-state index in [9.17, 15) is 9.59 Å². The van der Waals surface area contributed by atoms with Gasteiger partial charge in [0.1, 0.15) is 12.4 Å². The Labute approximate surface area is 258 Å². The van der Waals surface area contributed by atoms with Gasteiger partial charge in [0.2, 0.25) is 0 Å². The summed E-state index contributed by atoms with van der Waals surface area (Å²) in [6.45, 7) is 7.49. The number of nitrogens with zero attached hydrogens (tertiary/aromatic N) is 4. The second kappa shape index (κ2) is 12.1. The molecule has 1 aliphatic rings. The molecule has 0 fully saturated rings. The minimum absolute atomic E-state index is 0.0442. The van der Waals surface area contributed by atoms with Crippen molar-refractivity contribution in [1.82, 2.24) is 14.3 Å². The third-order valence-electron chi connectivity index (χ3n) is 7.38. The fourth-order valence-corrected chi connectivity index (χ4v) is 6.22. The number of thiazole rings is 1. The molecule has 0 radical (unpaired) electrons. The van der Waals surface area contributed by atoms with Crippen LogP contribution in [0.5, 0.6) is 5.75 Å². The van der Waals surface area contributed by atoms with Crippen LogP contribution < -0.4 is 19.6 Å². The van der Waals surface area contributed by atoms with E-state index < -0.39 is 12.0 Å². The Morgan fingerprint density at radius 1 is 1.02 bits per heavy atom. The second-order valence-electron chi connectivity index (χ2n) is 10.3. The number of carbonyl (C=O) groups excluding carboxylic acids is 1. The first-order valence-corrected chi connectivity index (χ1v) is 14.9. The normalized spacial score (nSPS) is 14.6. The van der Waals surface area contributed by atoms with Crippen LogP contribution in [0.15, 0.2) is 119 Å². The lowest BCUT2D eigenvalue weighted by atomic mass is 9.96. The third-order valence-corrected chi connectivity index (χ3v) is 8.36. The predicted octanol–water partition coefficient (Wildman–Crippen LogP) is 5.13. The Balaban J connectivity index is 1.54. The summed E-state index contributed by atoms with van der Waals surface area (Å²) >= 11 is 1.27. The van der Waals surface area contributed by atoms with Crippen LogP contribution in [0.4, 0.5) is 0 Å². The Morgan fingerprint density at radius 3 is 2.43 bits per heavy atom. The van der Waals surface area contributed by atoms with Crippen LogP contribution in [0.2, 0.25) is 0 Å². The lowest BCUT2D eigenvalue weighted by molar-refractivity contribution is -0.138. The predicted molar refractivity (Wildman–Crippen MR) is 172 cm³/mol. The lowest BCUT2D eigenvalue weighted by Crippen LogP contribution is -2.39. The molecule has 0 spiro atoms. The Kier molecular flexibility index (Phi) is 7.95. The molecule has 1 aliphatic heterocycles. The maximum atomic E-state index is 14.2. The summed E-state index contributed by atoms with van der Waals surface area (Å²) < 4.78 is 14.6. The molecule has 0 saturated heterocycles. The number of methoxy groups -OCH3 is 1. The number of fused-ring (bicyclic) bond motifs is 1. The molecule has 0 saturated carbocycles. The summed E-state index contributed by atoms with van der Waals surface area (Å²) in [7, 11) is 1.59. The molecule has 9 heteroatoms. The van der Waals surface area contributed by atoms with Gasteiger partial charge in [0.05, 0.1) is 40.3 Å². The summed E-state index contributed by atoms with van der Waals surface area (Å²) in [5.74, 6) is 0.115. The Bertz CT molecular complexity index is 2070. The number of benzene rings is 3. The first-order chi connectivity index (χ1) is 21.4. The number of allylic oxidation sites excluding steroid dienone is 1. The van der Waals surface area contributed by atoms with E-state index in [0.717, 1.165) is 33.6 Å². The van der Waals surface area contributed by atoms with Gasteiger partial charge in [-0.2, -0.15) is 5.10 Å². The quantitative estimate of drug-likeness (QED) is 0.182.